The summed E-state index contributed by atoms with van der Waals surface area (Å²) in [7, 11) is -2.02. The number of aryl methyl sites for hydroxylation is 1. The van der Waals surface area contributed by atoms with Gasteiger partial charge in [-0.1, -0.05) is 56.7 Å². The molecule has 1 unspecified atom stereocenters. The van der Waals surface area contributed by atoms with Gasteiger partial charge in [0.1, 0.15) is 28.1 Å². The van der Waals surface area contributed by atoms with Crippen LogP contribution in [0.5, 0.6) is 11.5 Å². The van der Waals surface area contributed by atoms with Gasteiger partial charge in [0.05, 0.1) is 48.7 Å². The first-order chi connectivity index (χ1) is 37.7. The van der Waals surface area contributed by atoms with Crippen LogP contribution in [0.15, 0.2) is 61.1 Å². The van der Waals surface area contributed by atoms with Crippen molar-refractivity contribution < 1.29 is 37.1 Å². The predicted molar refractivity (Wildman–Crippen MR) is 301 cm³/mol. The molecule has 6 heterocycles. The zero-order valence-corrected chi connectivity index (χ0v) is 46.2. The Balaban J connectivity index is 0.649. The topological polar surface area (TPSA) is 246 Å². The van der Waals surface area contributed by atoms with E-state index < -0.39 is 22.0 Å². The maximum absolute atomic E-state index is 13.1. The molecule has 416 valence electrons. The Morgan fingerprint density at radius 1 is 0.859 bits per heavy atom. The molecule has 3 fully saturated rings. The SMILES string of the molecule is CCc1cc(Nc2ncc(Cl)c(Nc3ccc4nccnc4c3NS(C)(=O)=O)n2)c(OC)cc1N1CCC(N2CCN(CCCCCCCCCNC(=O)COc3cccc4c3CN(C3CCC(=O)NC3=O)C4=O)CC2)CC1. The van der Waals surface area contributed by atoms with Crippen molar-refractivity contribution in [2.45, 2.75) is 103 Å². The van der Waals surface area contributed by atoms with Crippen molar-refractivity contribution >= 4 is 90.8 Å². The lowest BCUT2D eigenvalue weighted by atomic mass is 9.99. The molecular formula is C55H70ClN13O8S. The summed E-state index contributed by atoms with van der Waals surface area (Å²) < 4.78 is 39.1. The maximum Gasteiger partial charge on any atom is 0.257 e. The average Bonchev–Trinajstić information content (AvgIpc) is 3.85. The normalized spacial score (nSPS) is 17.5. The van der Waals surface area contributed by atoms with Crippen LogP contribution in [0.25, 0.3) is 11.0 Å². The summed E-state index contributed by atoms with van der Waals surface area (Å²) in [6.45, 7) is 10.2. The van der Waals surface area contributed by atoms with Crippen molar-refractivity contribution in [2.75, 3.05) is 92.6 Å². The minimum absolute atomic E-state index is 0.163. The molecule has 2 aromatic heterocycles. The lowest BCUT2D eigenvalue weighted by Gasteiger charge is -2.43. The number of carbonyl (C=O) groups excluding carboxylic acids is 4. The standard InChI is InChI=1S/C55H70ClN13O8S/c1-4-36-31-43(62-55-60-33-40(56)52(64-55)61-42-16-15-41-50(59-23-22-57-41)51(42)65-78(3,74)75)47(76-2)32-45(36)68-25-19-37(20-26-68)67-29-27-66(28-30-67)24-11-9-7-5-6-8-10-21-58-49(71)35-77-46-14-12-13-38-39(46)34-69(54(38)73)44-17-18-48(70)63-53(44)72/h12-16,22-23,31-33,37,44,65H,4-11,17-21,24-30,34-35H2,1-3H3,(H,58,71)(H,63,70,72)(H2,60,61,62,64). The number of nitrogens with zero attached hydrogens (tertiary/aromatic N) is 8. The van der Waals surface area contributed by atoms with Crippen LogP contribution >= 0.6 is 11.6 Å². The van der Waals surface area contributed by atoms with Gasteiger partial charge in [-0.2, -0.15) is 4.98 Å². The fraction of sp³-hybridized carbons (Fsp3) is 0.491. The molecule has 23 heteroatoms. The van der Waals surface area contributed by atoms with Crippen LogP contribution in [0.1, 0.15) is 99.0 Å². The molecule has 0 radical (unpaired) electrons. The molecule has 4 aliphatic heterocycles. The molecule has 0 aliphatic carbocycles. The van der Waals surface area contributed by atoms with Crippen molar-refractivity contribution in [3.63, 3.8) is 0 Å². The van der Waals surface area contributed by atoms with Gasteiger partial charge < -0.3 is 40.1 Å². The molecular weight excluding hydrogens is 1040 g/mol. The molecule has 5 aromatic rings. The van der Waals surface area contributed by atoms with Crippen molar-refractivity contribution in [3.05, 3.63) is 82.8 Å². The minimum Gasteiger partial charge on any atom is -0.494 e. The van der Waals surface area contributed by atoms with Crippen molar-refractivity contribution in [2.24, 2.45) is 0 Å². The number of nitrogens with one attached hydrogen (secondary N) is 5. The number of aromatic nitrogens is 4. The Kier molecular flexibility index (Phi) is 18.4. The second-order valence-electron chi connectivity index (χ2n) is 20.4. The van der Waals surface area contributed by atoms with Crippen LogP contribution in [0.2, 0.25) is 5.02 Å². The van der Waals surface area contributed by atoms with E-state index in [1.807, 2.05) is 0 Å². The number of piperazine rings is 1. The number of piperidine rings is 2. The van der Waals surface area contributed by atoms with Crippen LogP contribution < -0.4 is 40.4 Å². The van der Waals surface area contributed by atoms with Crippen LogP contribution in [-0.2, 0) is 37.4 Å². The first kappa shape index (κ1) is 55.9. The van der Waals surface area contributed by atoms with Gasteiger partial charge in [0, 0.05) is 93.6 Å². The highest BCUT2D eigenvalue weighted by Gasteiger charge is 2.40. The van der Waals surface area contributed by atoms with E-state index in [-0.39, 0.29) is 66.2 Å². The van der Waals surface area contributed by atoms with E-state index in [9.17, 15) is 27.6 Å². The number of hydrogen-bond donors (Lipinski definition) is 5. The van der Waals surface area contributed by atoms with Crippen LogP contribution in [0, 0.1) is 0 Å². The number of ether oxygens (including phenoxy) is 2. The first-order valence-electron chi connectivity index (χ1n) is 27.1. The highest BCUT2D eigenvalue weighted by atomic mass is 35.5. The molecule has 4 aliphatic rings. The number of fused-ring (bicyclic) bond motifs is 2. The van der Waals surface area contributed by atoms with Crippen molar-refractivity contribution in [1.29, 1.82) is 0 Å². The molecule has 0 bridgehead atoms. The fourth-order valence-electron chi connectivity index (χ4n) is 10.9. The number of imide groups is 1. The number of unbranched alkanes of at least 4 members (excludes halogenated alkanes) is 6. The summed E-state index contributed by atoms with van der Waals surface area (Å²) in [5, 5.41) is 12.0. The summed E-state index contributed by atoms with van der Waals surface area (Å²) in [5.74, 6) is 0.337. The molecule has 0 spiro atoms. The Labute approximate surface area is 460 Å². The highest BCUT2D eigenvalue weighted by molar-refractivity contribution is 7.92. The number of anilines is 6. The van der Waals surface area contributed by atoms with E-state index in [0.29, 0.717) is 57.6 Å². The molecule has 0 saturated carbocycles. The lowest BCUT2D eigenvalue weighted by Crippen LogP contribution is -2.53. The van der Waals surface area contributed by atoms with Gasteiger partial charge in [-0.3, -0.25) is 44.1 Å². The monoisotopic (exact) mass is 1110 g/mol. The van der Waals surface area contributed by atoms with E-state index in [1.54, 1.807) is 37.4 Å². The third-order valence-electron chi connectivity index (χ3n) is 15.1. The van der Waals surface area contributed by atoms with Crippen LogP contribution in [-0.4, -0.2) is 151 Å². The Bertz CT molecular complexity index is 3100. The molecule has 78 heavy (non-hydrogen) atoms. The van der Waals surface area contributed by atoms with Crippen molar-refractivity contribution in [1.82, 2.24) is 45.3 Å². The second-order valence-corrected chi connectivity index (χ2v) is 22.5. The minimum atomic E-state index is -3.67. The number of sulfonamides is 1. The zero-order chi connectivity index (χ0) is 54.8. The molecule has 3 aromatic carbocycles. The Hall–Kier alpha value is -6.88. The molecule has 9 rings (SSSR count). The molecule has 21 nitrogen and oxygen atoms in total. The van der Waals surface area contributed by atoms with Gasteiger partial charge >= 0.3 is 0 Å². The number of halogens is 1. The summed E-state index contributed by atoms with van der Waals surface area (Å²) in [6.07, 6.45) is 17.0. The summed E-state index contributed by atoms with van der Waals surface area (Å²) >= 11 is 6.58. The lowest BCUT2D eigenvalue weighted by molar-refractivity contribution is -0.137. The zero-order valence-electron chi connectivity index (χ0n) is 44.6. The van der Waals surface area contributed by atoms with Crippen molar-refractivity contribution in [3.8, 4) is 11.5 Å². The number of carbonyl (C=O) groups is 4. The number of rotatable bonds is 24. The third-order valence-corrected chi connectivity index (χ3v) is 15.9. The summed E-state index contributed by atoms with van der Waals surface area (Å²) in [6, 6.07) is 12.6. The predicted octanol–water partition coefficient (Wildman–Crippen LogP) is 6.78. The smallest absolute Gasteiger partial charge is 0.257 e. The van der Waals surface area contributed by atoms with E-state index >= 15 is 0 Å². The second kappa shape index (κ2) is 25.7. The van der Waals surface area contributed by atoms with E-state index in [2.05, 4.69) is 79.7 Å². The van der Waals surface area contributed by atoms with Gasteiger partial charge in [0.15, 0.2) is 12.4 Å². The summed E-state index contributed by atoms with van der Waals surface area (Å²) in [4.78, 5) is 76.8. The van der Waals surface area contributed by atoms with Crippen LogP contribution in [0.4, 0.5) is 34.5 Å². The van der Waals surface area contributed by atoms with E-state index in [0.717, 1.165) is 96.3 Å². The largest absolute Gasteiger partial charge is 0.494 e. The average molecular weight is 1110 g/mol. The van der Waals surface area contributed by atoms with Gasteiger partial charge in [-0.05, 0) is 81.0 Å². The third kappa shape index (κ3) is 13.9. The highest BCUT2D eigenvalue weighted by Crippen LogP contribution is 2.39. The molecule has 3 saturated heterocycles. The molecule has 1 atom stereocenters. The van der Waals surface area contributed by atoms with Gasteiger partial charge in [0.25, 0.3) is 11.8 Å². The number of benzene rings is 3. The first-order valence-corrected chi connectivity index (χ1v) is 29.4. The molecule has 4 amide bonds. The van der Waals surface area contributed by atoms with Crippen LogP contribution in [0.3, 0.4) is 0 Å². The van der Waals surface area contributed by atoms with E-state index in [4.69, 9.17) is 21.1 Å². The number of amides is 4. The number of methoxy groups -OCH3 is 1. The van der Waals surface area contributed by atoms with E-state index in [1.165, 1.54) is 54.7 Å². The Morgan fingerprint density at radius 3 is 2.36 bits per heavy atom. The maximum atomic E-state index is 13.1. The number of hydrogen-bond acceptors (Lipinski definition) is 17. The molecule has 5 N–H and O–H groups in total. The summed E-state index contributed by atoms with van der Waals surface area (Å²) in [5.41, 5.74) is 5.63. The quantitative estimate of drug-likeness (QED) is 0.0316. The fourth-order valence-corrected chi connectivity index (χ4v) is 11.6. The van der Waals surface area contributed by atoms with Gasteiger partial charge in [-0.25, -0.2) is 13.4 Å². The Morgan fingerprint density at radius 2 is 1.62 bits per heavy atom. The van der Waals surface area contributed by atoms with Gasteiger partial charge in [-0.15, -0.1) is 0 Å². The van der Waals surface area contributed by atoms with Gasteiger partial charge in [0.2, 0.25) is 27.8 Å².